The molecule has 0 aromatic carbocycles. The van der Waals surface area contributed by atoms with Gasteiger partial charge < -0.3 is 14.2 Å². The number of Topliss-reactive ketones (excluding diaryl/α,β-unsaturated/α-hetero) is 1. The van der Waals surface area contributed by atoms with Crippen molar-refractivity contribution in [2.45, 2.75) is 26.4 Å². The molecule has 1 atom stereocenters. The van der Waals surface area contributed by atoms with E-state index in [0.717, 1.165) is 0 Å². The molecule has 84 valence electrons. The first-order chi connectivity index (χ1) is 6.66. The van der Waals surface area contributed by atoms with E-state index in [1.807, 2.05) is 6.92 Å². The number of ether oxygens (including phenoxy) is 3. The molecular weight excluding hydrogens is 184 g/mol. The zero-order valence-electron chi connectivity index (χ0n) is 9.25. The second-order valence-electron chi connectivity index (χ2n) is 3.19. The fourth-order valence-corrected chi connectivity index (χ4v) is 1.02. The third kappa shape index (κ3) is 9.64. The number of hydrogen-bond acceptors (Lipinski definition) is 4. The van der Waals surface area contributed by atoms with Crippen molar-refractivity contribution < 1.29 is 19.0 Å². The number of hydrogen-bond donors (Lipinski definition) is 0. The Balaban J connectivity index is 3.14. The molecule has 0 amide bonds. The number of rotatable bonds is 9. The molecule has 0 rings (SSSR count). The Morgan fingerprint density at radius 1 is 1.21 bits per heavy atom. The Bertz CT molecular complexity index is 147. The highest BCUT2D eigenvalue weighted by atomic mass is 16.5. The summed E-state index contributed by atoms with van der Waals surface area (Å²) in [6, 6.07) is 0. The number of carbonyl (C=O) groups is 1. The Morgan fingerprint density at radius 2 is 1.86 bits per heavy atom. The molecule has 0 saturated carbocycles. The quantitative estimate of drug-likeness (QED) is 0.526. The van der Waals surface area contributed by atoms with Gasteiger partial charge in [-0.25, -0.2) is 0 Å². The predicted molar refractivity (Wildman–Crippen MR) is 53.4 cm³/mol. The van der Waals surface area contributed by atoms with Crippen LogP contribution in [0.2, 0.25) is 0 Å². The topological polar surface area (TPSA) is 44.8 Å². The van der Waals surface area contributed by atoms with Crippen molar-refractivity contribution in [2.24, 2.45) is 0 Å². The minimum absolute atomic E-state index is 0.0153. The van der Waals surface area contributed by atoms with E-state index in [-0.39, 0.29) is 11.9 Å². The van der Waals surface area contributed by atoms with E-state index < -0.39 is 0 Å². The lowest BCUT2D eigenvalue weighted by Gasteiger charge is -2.11. The second-order valence-corrected chi connectivity index (χ2v) is 3.19. The Morgan fingerprint density at radius 3 is 2.43 bits per heavy atom. The molecule has 0 aromatic rings. The second kappa shape index (κ2) is 9.12. The van der Waals surface area contributed by atoms with E-state index in [1.165, 1.54) is 0 Å². The fourth-order valence-electron chi connectivity index (χ4n) is 1.02. The van der Waals surface area contributed by atoms with Crippen LogP contribution in [-0.2, 0) is 19.0 Å². The van der Waals surface area contributed by atoms with Crippen molar-refractivity contribution in [1.29, 1.82) is 0 Å². The number of ketones is 1. The first-order valence-electron chi connectivity index (χ1n) is 4.84. The molecule has 0 spiro atoms. The summed E-state index contributed by atoms with van der Waals surface area (Å²) >= 11 is 0. The largest absolute Gasteiger partial charge is 0.382 e. The summed E-state index contributed by atoms with van der Waals surface area (Å²) in [5, 5.41) is 0. The standard InChI is InChI=1S/C10H20O4/c1-9(11)8-10(2)14-7-6-13-5-4-12-3/h10H,4-8H2,1-3H3. The van der Waals surface area contributed by atoms with E-state index in [2.05, 4.69) is 0 Å². The molecule has 0 heterocycles. The summed E-state index contributed by atoms with van der Waals surface area (Å²) in [5.41, 5.74) is 0. The maximum atomic E-state index is 10.7. The normalized spacial score (nSPS) is 12.8. The molecule has 0 aliphatic heterocycles. The van der Waals surface area contributed by atoms with Gasteiger partial charge in [-0.1, -0.05) is 0 Å². The van der Waals surface area contributed by atoms with Gasteiger partial charge in [-0.15, -0.1) is 0 Å². The lowest BCUT2D eigenvalue weighted by molar-refractivity contribution is -0.119. The van der Waals surface area contributed by atoms with Crippen molar-refractivity contribution in [2.75, 3.05) is 33.5 Å². The van der Waals surface area contributed by atoms with E-state index in [4.69, 9.17) is 14.2 Å². The zero-order chi connectivity index (χ0) is 10.8. The summed E-state index contributed by atoms with van der Waals surface area (Å²) in [7, 11) is 1.63. The molecule has 1 unspecified atom stereocenters. The molecule has 0 aliphatic rings. The minimum Gasteiger partial charge on any atom is -0.382 e. The molecular formula is C10H20O4. The Hall–Kier alpha value is -0.450. The smallest absolute Gasteiger partial charge is 0.132 e. The highest BCUT2D eigenvalue weighted by Gasteiger charge is 2.04. The van der Waals surface area contributed by atoms with Gasteiger partial charge in [-0.2, -0.15) is 0 Å². The molecule has 0 fully saturated rings. The molecule has 0 radical (unpaired) electrons. The third-order valence-corrected chi connectivity index (χ3v) is 1.64. The van der Waals surface area contributed by atoms with Crippen LogP contribution >= 0.6 is 0 Å². The van der Waals surface area contributed by atoms with E-state index in [1.54, 1.807) is 14.0 Å². The number of carbonyl (C=O) groups excluding carboxylic acids is 1. The van der Waals surface area contributed by atoms with Gasteiger partial charge in [0.1, 0.15) is 5.78 Å². The predicted octanol–water partition coefficient (Wildman–Crippen LogP) is 1.03. The molecule has 0 aromatic heterocycles. The Kier molecular flexibility index (Phi) is 8.83. The maximum absolute atomic E-state index is 10.7. The van der Waals surface area contributed by atoms with E-state index >= 15 is 0 Å². The SMILES string of the molecule is COCCOCCOC(C)CC(C)=O. The molecule has 0 N–H and O–H groups in total. The van der Waals surface area contributed by atoms with E-state index in [0.29, 0.717) is 32.8 Å². The molecule has 0 saturated heterocycles. The van der Waals surface area contributed by atoms with Gasteiger partial charge in [0.25, 0.3) is 0 Å². The van der Waals surface area contributed by atoms with Crippen LogP contribution in [0, 0.1) is 0 Å². The van der Waals surface area contributed by atoms with Gasteiger partial charge in [0.15, 0.2) is 0 Å². The van der Waals surface area contributed by atoms with Crippen LogP contribution in [-0.4, -0.2) is 45.4 Å². The summed E-state index contributed by atoms with van der Waals surface area (Å²) in [4.78, 5) is 10.7. The average Bonchev–Trinajstić information content (AvgIpc) is 2.10. The lowest BCUT2D eigenvalue weighted by atomic mass is 10.2. The number of methoxy groups -OCH3 is 1. The summed E-state index contributed by atoms with van der Waals surface area (Å²) < 4.78 is 15.4. The van der Waals surface area contributed by atoms with E-state index in [9.17, 15) is 4.79 Å². The van der Waals surface area contributed by atoms with Crippen molar-refractivity contribution >= 4 is 5.78 Å². The first kappa shape index (κ1) is 13.5. The van der Waals surface area contributed by atoms with Crippen molar-refractivity contribution in [3.05, 3.63) is 0 Å². The van der Waals surface area contributed by atoms with Gasteiger partial charge in [0.05, 0.1) is 32.5 Å². The summed E-state index contributed by atoms with van der Waals surface area (Å²) in [6.45, 7) is 5.71. The van der Waals surface area contributed by atoms with Gasteiger partial charge in [0.2, 0.25) is 0 Å². The van der Waals surface area contributed by atoms with Crippen LogP contribution in [0.5, 0.6) is 0 Å². The lowest BCUT2D eigenvalue weighted by Crippen LogP contribution is -2.16. The minimum atomic E-state index is -0.0153. The van der Waals surface area contributed by atoms with Crippen molar-refractivity contribution in [1.82, 2.24) is 0 Å². The monoisotopic (exact) mass is 204 g/mol. The fraction of sp³-hybridized carbons (Fsp3) is 0.900. The van der Waals surface area contributed by atoms with Crippen LogP contribution in [0.4, 0.5) is 0 Å². The zero-order valence-corrected chi connectivity index (χ0v) is 9.25. The van der Waals surface area contributed by atoms with Crippen LogP contribution in [0.1, 0.15) is 20.3 Å². The molecule has 0 bridgehead atoms. The highest BCUT2D eigenvalue weighted by molar-refractivity contribution is 5.75. The average molecular weight is 204 g/mol. The summed E-state index contributed by atoms with van der Waals surface area (Å²) in [5.74, 6) is 0.151. The van der Waals surface area contributed by atoms with Crippen molar-refractivity contribution in [3.63, 3.8) is 0 Å². The van der Waals surface area contributed by atoms with Crippen molar-refractivity contribution in [3.8, 4) is 0 Å². The van der Waals surface area contributed by atoms with Crippen LogP contribution in [0.15, 0.2) is 0 Å². The highest BCUT2D eigenvalue weighted by Crippen LogP contribution is 1.97. The molecule has 4 heteroatoms. The van der Waals surface area contributed by atoms with Gasteiger partial charge in [-0.3, -0.25) is 4.79 Å². The third-order valence-electron chi connectivity index (χ3n) is 1.64. The van der Waals surface area contributed by atoms with Crippen LogP contribution in [0.3, 0.4) is 0 Å². The van der Waals surface area contributed by atoms with Gasteiger partial charge >= 0.3 is 0 Å². The van der Waals surface area contributed by atoms with Gasteiger partial charge in [0, 0.05) is 13.5 Å². The molecule has 14 heavy (non-hydrogen) atoms. The van der Waals surface area contributed by atoms with Crippen LogP contribution in [0.25, 0.3) is 0 Å². The van der Waals surface area contributed by atoms with Crippen LogP contribution < -0.4 is 0 Å². The first-order valence-corrected chi connectivity index (χ1v) is 4.84. The molecule has 4 nitrogen and oxygen atoms in total. The molecule has 0 aliphatic carbocycles. The maximum Gasteiger partial charge on any atom is 0.132 e. The summed E-state index contributed by atoms with van der Waals surface area (Å²) in [6.07, 6.45) is 0.455. The van der Waals surface area contributed by atoms with Gasteiger partial charge in [-0.05, 0) is 13.8 Å². The Labute approximate surface area is 85.5 Å².